The zero-order valence-electron chi connectivity index (χ0n) is 10.5. The second-order valence-corrected chi connectivity index (χ2v) is 5.61. The number of nitrogens with one attached hydrogen (secondary N) is 1. The predicted molar refractivity (Wildman–Crippen MR) is 66.5 cm³/mol. The summed E-state index contributed by atoms with van der Waals surface area (Å²) in [4.78, 5) is 2.63. The molecule has 0 radical (unpaired) electrons. The van der Waals surface area contributed by atoms with Crippen molar-refractivity contribution in [2.24, 2.45) is 5.92 Å². The van der Waals surface area contributed by atoms with E-state index >= 15 is 0 Å². The lowest BCUT2D eigenvalue weighted by Gasteiger charge is -2.32. The zero-order valence-corrected chi connectivity index (χ0v) is 10.5. The topological polar surface area (TPSA) is 35.5 Å². The van der Waals surface area contributed by atoms with Crippen molar-refractivity contribution in [1.82, 2.24) is 10.2 Å². The van der Waals surface area contributed by atoms with Gasteiger partial charge >= 0.3 is 0 Å². The van der Waals surface area contributed by atoms with Gasteiger partial charge in [0.15, 0.2) is 0 Å². The van der Waals surface area contributed by atoms with Crippen molar-refractivity contribution in [1.29, 1.82) is 0 Å². The molecule has 3 nitrogen and oxygen atoms in total. The molecule has 0 aromatic carbocycles. The number of likely N-dealkylation sites (tertiary alicyclic amines) is 1. The van der Waals surface area contributed by atoms with Gasteiger partial charge in [-0.25, -0.2) is 0 Å². The summed E-state index contributed by atoms with van der Waals surface area (Å²) >= 11 is 0. The average Bonchev–Trinajstić information content (AvgIpc) is 3.04. The maximum Gasteiger partial charge on any atom is 0.0524 e. The number of aliphatic hydroxyl groups is 1. The largest absolute Gasteiger partial charge is 0.393 e. The van der Waals surface area contributed by atoms with E-state index in [0.29, 0.717) is 6.04 Å². The molecular weight excluding hydrogens is 200 g/mol. The van der Waals surface area contributed by atoms with Gasteiger partial charge in [-0.1, -0.05) is 0 Å². The Hall–Kier alpha value is -0.120. The fraction of sp³-hybridized carbons (Fsp3) is 1.00. The minimum Gasteiger partial charge on any atom is -0.393 e. The van der Waals surface area contributed by atoms with Crippen molar-refractivity contribution in [2.75, 3.05) is 26.2 Å². The number of hydrogen-bond donors (Lipinski definition) is 2. The van der Waals surface area contributed by atoms with Crippen LogP contribution in [0, 0.1) is 5.92 Å². The van der Waals surface area contributed by atoms with Crippen LogP contribution in [0.3, 0.4) is 0 Å². The van der Waals surface area contributed by atoms with Crippen LogP contribution in [0.25, 0.3) is 0 Å². The Balaban J connectivity index is 1.53. The van der Waals surface area contributed by atoms with Gasteiger partial charge in [0.1, 0.15) is 0 Å². The van der Waals surface area contributed by atoms with Gasteiger partial charge in [0.2, 0.25) is 0 Å². The van der Waals surface area contributed by atoms with Gasteiger partial charge in [0.05, 0.1) is 6.10 Å². The minimum absolute atomic E-state index is 0.164. The van der Waals surface area contributed by atoms with Crippen LogP contribution in [0.2, 0.25) is 0 Å². The standard InChI is InChI=1S/C13H26N2O/c1-11(16)4-7-14-13-5-8-15(9-6-13)10-12-2-3-12/h11-14,16H,2-10H2,1H3. The van der Waals surface area contributed by atoms with E-state index in [1.54, 1.807) is 0 Å². The van der Waals surface area contributed by atoms with Crippen LogP contribution in [0.4, 0.5) is 0 Å². The lowest BCUT2D eigenvalue weighted by Crippen LogP contribution is -2.43. The molecule has 1 aliphatic carbocycles. The molecule has 2 fully saturated rings. The van der Waals surface area contributed by atoms with E-state index in [-0.39, 0.29) is 6.10 Å². The molecule has 0 aromatic rings. The molecule has 94 valence electrons. The van der Waals surface area contributed by atoms with Crippen LogP contribution in [0.1, 0.15) is 39.0 Å². The first-order valence-electron chi connectivity index (χ1n) is 6.88. The Bertz CT molecular complexity index is 196. The normalized spacial score (nSPS) is 25.9. The van der Waals surface area contributed by atoms with Crippen molar-refractivity contribution >= 4 is 0 Å². The van der Waals surface area contributed by atoms with Gasteiger partial charge in [-0.3, -0.25) is 0 Å². The molecule has 1 atom stereocenters. The molecule has 1 saturated heterocycles. The fourth-order valence-corrected chi connectivity index (χ4v) is 2.48. The lowest BCUT2D eigenvalue weighted by molar-refractivity contribution is 0.169. The van der Waals surface area contributed by atoms with Crippen LogP contribution in [-0.4, -0.2) is 48.3 Å². The Labute approximate surface area is 99.2 Å². The van der Waals surface area contributed by atoms with Crippen molar-refractivity contribution in [2.45, 2.75) is 51.2 Å². The van der Waals surface area contributed by atoms with Crippen molar-refractivity contribution in [3.63, 3.8) is 0 Å². The third-order valence-electron chi connectivity index (χ3n) is 3.80. The Kier molecular flexibility index (Phi) is 4.62. The molecule has 2 aliphatic rings. The maximum absolute atomic E-state index is 9.18. The molecular formula is C13H26N2O. The van der Waals surface area contributed by atoms with Gasteiger partial charge in [-0.2, -0.15) is 0 Å². The fourth-order valence-electron chi connectivity index (χ4n) is 2.48. The zero-order chi connectivity index (χ0) is 11.4. The summed E-state index contributed by atoms with van der Waals surface area (Å²) in [7, 11) is 0. The summed E-state index contributed by atoms with van der Waals surface area (Å²) in [5.74, 6) is 1.03. The molecule has 1 unspecified atom stereocenters. The Morgan fingerprint density at radius 2 is 1.94 bits per heavy atom. The van der Waals surface area contributed by atoms with Crippen LogP contribution in [0.5, 0.6) is 0 Å². The second kappa shape index (κ2) is 5.99. The molecule has 0 spiro atoms. The molecule has 0 amide bonds. The van der Waals surface area contributed by atoms with Gasteiger partial charge in [-0.15, -0.1) is 0 Å². The first kappa shape index (κ1) is 12.3. The van der Waals surface area contributed by atoms with Crippen LogP contribution >= 0.6 is 0 Å². The molecule has 2 rings (SSSR count). The first-order chi connectivity index (χ1) is 7.74. The van der Waals surface area contributed by atoms with E-state index in [1.807, 2.05) is 6.92 Å². The third kappa shape index (κ3) is 4.40. The Morgan fingerprint density at radius 3 is 2.50 bits per heavy atom. The van der Waals surface area contributed by atoms with Crippen molar-refractivity contribution in [3.8, 4) is 0 Å². The van der Waals surface area contributed by atoms with Crippen molar-refractivity contribution < 1.29 is 5.11 Å². The summed E-state index contributed by atoms with van der Waals surface area (Å²) in [6.45, 7) is 6.71. The number of nitrogens with zero attached hydrogens (tertiary/aromatic N) is 1. The molecule has 3 heteroatoms. The quantitative estimate of drug-likeness (QED) is 0.715. The third-order valence-corrected chi connectivity index (χ3v) is 3.80. The summed E-state index contributed by atoms with van der Waals surface area (Å²) in [5, 5.41) is 12.7. The Morgan fingerprint density at radius 1 is 1.25 bits per heavy atom. The van der Waals surface area contributed by atoms with E-state index in [4.69, 9.17) is 0 Å². The smallest absolute Gasteiger partial charge is 0.0524 e. The highest BCUT2D eigenvalue weighted by Gasteiger charge is 2.26. The molecule has 1 saturated carbocycles. The van der Waals surface area contributed by atoms with Gasteiger partial charge in [0, 0.05) is 12.6 Å². The van der Waals surface area contributed by atoms with Gasteiger partial charge < -0.3 is 15.3 Å². The molecule has 16 heavy (non-hydrogen) atoms. The van der Waals surface area contributed by atoms with Crippen LogP contribution < -0.4 is 5.32 Å². The molecule has 1 aliphatic heterocycles. The first-order valence-corrected chi connectivity index (χ1v) is 6.88. The average molecular weight is 226 g/mol. The minimum atomic E-state index is -0.164. The predicted octanol–water partition coefficient (Wildman–Crippen LogP) is 1.22. The highest BCUT2D eigenvalue weighted by Crippen LogP contribution is 2.30. The number of hydrogen-bond acceptors (Lipinski definition) is 3. The monoisotopic (exact) mass is 226 g/mol. The highest BCUT2D eigenvalue weighted by atomic mass is 16.3. The summed E-state index contributed by atoms with van der Waals surface area (Å²) in [5.41, 5.74) is 0. The lowest BCUT2D eigenvalue weighted by atomic mass is 10.0. The van der Waals surface area contributed by atoms with Crippen molar-refractivity contribution in [3.05, 3.63) is 0 Å². The maximum atomic E-state index is 9.18. The summed E-state index contributed by atoms with van der Waals surface area (Å²) in [6, 6.07) is 0.689. The van der Waals surface area contributed by atoms with Gasteiger partial charge in [0.25, 0.3) is 0 Å². The number of aliphatic hydroxyl groups excluding tert-OH is 1. The van der Waals surface area contributed by atoms with E-state index in [2.05, 4.69) is 10.2 Å². The molecule has 0 aromatic heterocycles. The SMILES string of the molecule is CC(O)CCNC1CCN(CC2CC2)CC1. The van der Waals surface area contributed by atoms with Crippen LogP contribution in [0.15, 0.2) is 0 Å². The number of piperidine rings is 1. The van der Waals surface area contributed by atoms with E-state index < -0.39 is 0 Å². The molecule has 1 heterocycles. The van der Waals surface area contributed by atoms with Gasteiger partial charge in [-0.05, 0) is 64.6 Å². The van der Waals surface area contributed by atoms with Crippen LogP contribution in [-0.2, 0) is 0 Å². The molecule has 2 N–H and O–H groups in total. The van der Waals surface area contributed by atoms with E-state index in [0.717, 1.165) is 18.9 Å². The highest BCUT2D eigenvalue weighted by molar-refractivity contribution is 4.82. The summed E-state index contributed by atoms with van der Waals surface area (Å²) < 4.78 is 0. The second-order valence-electron chi connectivity index (χ2n) is 5.61. The summed E-state index contributed by atoms with van der Waals surface area (Å²) in [6.07, 6.45) is 6.21. The van der Waals surface area contributed by atoms with E-state index in [1.165, 1.54) is 45.3 Å². The van der Waals surface area contributed by atoms with E-state index in [9.17, 15) is 5.11 Å². The number of rotatable bonds is 6. The molecule has 0 bridgehead atoms.